The predicted octanol–water partition coefficient (Wildman–Crippen LogP) is 3.75. The van der Waals surface area contributed by atoms with Crippen LogP contribution in [0.4, 0.5) is 10.8 Å². The number of rotatable bonds is 7. The smallest absolute Gasteiger partial charge is 0.246 e. The van der Waals surface area contributed by atoms with Crippen LogP contribution in [0.25, 0.3) is 0 Å². The molecule has 1 N–H and O–H groups in total. The molecular weight excluding hydrogens is 439 g/mol. The SMILES string of the molecule is CC(C)Sc1nnc(NC(=O)CN(c2cc(Cl)cc(Cl)c2)S(C)(=O)=O)s1. The zero-order chi connectivity index (χ0) is 19.5. The molecule has 1 amide bonds. The highest BCUT2D eigenvalue weighted by Gasteiger charge is 2.22. The molecule has 0 fully saturated rings. The summed E-state index contributed by atoms with van der Waals surface area (Å²) in [5, 5.41) is 11.6. The summed E-state index contributed by atoms with van der Waals surface area (Å²) >= 11 is 14.6. The lowest BCUT2D eigenvalue weighted by atomic mass is 10.3. The number of nitrogens with zero attached hydrogens (tertiary/aromatic N) is 3. The quantitative estimate of drug-likeness (QED) is 0.505. The molecular formula is C14H16Cl2N4O3S3. The average Bonchev–Trinajstić information content (AvgIpc) is 2.88. The number of benzene rings is 1. The van der Waals surface area contributed by atoms with Crippen molar-refractivity contribution in [3.63, 3.8) is 0 Å². The molecule has 1 heterocycles. The minimum atomic E-state index is -3.73. The lowest BCUT2D eigenvalue weighted by Gasteiger charge is -2.22. The molecule has 0 atom stereocenters. The largest absolute Gasteiger partial charge is 0.299 e. The summed E-state index contributed by atoms with van der Waals surface area (Å²) in [4.78, 5) is 12.3. The van der Waals surface area contributed by atoms with Crippen LogP contribution in [-0.4, -0.2) is 42.6 Å². The lowest BCUT2D eigenvalue weighted by molar-refractivity contribution is -0.114. The molecule has 0 spiro atoms. The maximum Gasteiger partial charge on any atom is 0.246 e. The summed E-state index contributed by atoms with van der Waals surface area (Å²) in [6.45, 7) is 3.59. The third-order valence-electron chi connectivity index (χ3n) is 2.81. The van der Waals surface area contributed by atoms with E-state index < -0.39 is 22.5 Å². The van der Waals surface area contributed by atoms with Crippen LogP contribution in [0.5, 0.6) is 0 Å². The standard InChI is InChI=1S/C14H16Cl2N4O3S3/c1-8(2)24-14-19-18-13(25-14)17-12(21)7-20(26(3,22)23)11-5-9(15)4-10(16)6-11/h4-6,8H,7H2,1-3H3,(H,17,18,21). The van der Waals surface area contributed by atoms with Crippen molar-refractivity contribution in [3.8, 4) is 0 Å². The lowest BCUT2D eigenvalue weighted by Crippen LogP contribution is -2.37. The third kappa shape index (κ3) is 6.27. The van der Waals surface area contributed by atoms with E-state index >= 15 is 0 Å². The highest BCUT2D eigenvalue weighted by Crippen LogP contribution is 2.29. The number of thioether (sulfide) groups is 1. The molecule has 0 unspecified atom stereocenters. The van der Waals surface area contributed by atoms with E-state index in [1.54, 1.807) is 0 Å². The molecule has 0 bridgehead atoms. The second-order valence-electron chi connectivity index (χ2n) is 5.49. The first kappa shape index (κ1) is 21.2. The van der Waals surface area contributed by atoms with Gasteiger partial charge in [-0.15, -0.1) is 10.2 Å². The first-order valence-corrected chi connectivity index (χ1v) is 11.6. The van der Waals surface area contributed by atoms with Gasteiger partial charge in [-0.25, -0.2) is 8.42 Å². The van der Waals surface area contributed by atoms with Crippen LogP contribution in [0.2, 0.25) is 10.0 Å². The van der Waals surface area contributed by atoms with Gasteiger partial charge in [-0.3, -0.25) is 14.4 Å². The van der Waals surface area contributed by atoms with Crippen molar-refractivity contribution in [3.05, 3.63) is 28.2 Å². The summed E-state index contributed by atoms with van der Waals surface area (Å²) in [5.41, 5.74) is 0.202. The third-order valence-corrected chi connectivity index (χ3v) is 6.32. The number of anilines is 2. The van der Waals surface area contributed by atoms with Crippen LogP contribution in [0, 0.1) is 0 Å². The highest BCUT2D eigenvalue weighted by molar-refractivity contribution is 8.01. The number of hydrogen-bond donors (Lipinski definition) is 1. The minimum Gasteiger partial charge on any atom is -0.299 e. The Bertz CT molecular complexity index is 882. The molecule has 0 saturated heterocycles. The highest BCUT2D eigenvalue weighted by atomic mass is 35.5. The molecule has 2 aromatic rings. The van der Waals surface area contributed by atoms with Gasteiger partial charge in [-0.2, -0.15) is 0 Å². The van der Waals surface area contributed by atoms with Crippen molar-refractivity contribution in [1.29, 1.82) is 0 Å². The maximum atomic E-state index is 12.3. The predicted molar refractivity (Wildman–Crippen MR) is 108 cm³/mol. The van der Waals surface area contributed by atoms with Crippen LogP contribution >= 0.6 is 46.3 Å². The number of hydrogen-bond acceptors (Lipinski definition) is 7. The van der Waals surface area contributed by atoms with E-state index in [2.05, 4.69) is 15.5 Å². The van der Waals surface area contributed by atoms with Gasteiger partial charge in [0.15, 0.2) is 4.34 Å². The van der Waals surface area contributed by atoms with Gasteiger partial charge in [0.05, 0.1) is 11.9 Å². The number of carbonyl (C=O) groups is 1. The first-order chi connectivity index (χ1) is 12.0. The molecule has 0 aliphatic rings. The summed E-state index contributed by atoms with van der Waals surface area (Å²) < 4.78 is 25.8. The Morgan fingerprint density at radius 2 is 1.88 bits per heavy atom. The van der Waals surface area contributed by atoms with Crippen molar-refractivity contribution in [1.82, 2.24) is 10.2 Å². The summed E-state index contributed by atoms with van der Waals surface area (Å²) in [5.74, 6) is -0.552. The first-order valence-electron chi connectivity index (χ1n) is 7.28. The van der Waals surface area contributed by atoms with Crippen LogP contribution in [-0.2, 0) is 14.8 Å². The minimum absolute atomic E-state index is 0.202. The number of aromatic nitrogens is 2. The van der Waals surface area contributed by atoms with Crippen LogP contribution in [0.1, 0.15) is 13.8 Å². The van der Waals surface area contributed by atoms with Crippen LogP contribution in [0.3, 0.4) is 0 Å². The Morgan fingerprint density at radius 1 is 1.27 bits per heavy atom. The Balaban J connectivity index is 2.16. The maximum absolute atomic E-state index is 12.3. The number of carbonyl (C=O) groups excluding carboxylic acids is 1. The Hall–Kier alpha value is -1.07. The van der Waals surface area contributed by atoms with Crippen LogP contribution in [0.15, 0.2) is 22.5 Å². The van der Waals surface area contributed by atoms with Gasteiger partial charge in [-0.1, -0.05) is 60.1 Å². The van der Waals surface area contributed by atoms with E-state index in [0.29, 0.717) is 10.4 Å². The van der Waals surface area contributed by atoms with E-state index in [0.717, 1.165) is 14.9 Å². The Morgan fingerprint density at radius 3 is 2.42 bits per heavy atom. The summed E-state index contributed by atoms with van der Waals surface area (Å²) in [6, 6.07) is 4.32. The van der Waals surface area contributed by atoms with E-state index in [1.807, 2.05) is 13.8 Å². The van der Waals surface area contributed by atoms with Gasteiger partial charge < -0.3 is 0 Å². The van der Waals surface area contributed by atoms with Gasteiger partial charge in [0, 0.05) is 15.3 Å². The fraction of sp³-hybridized carbons (Fsp3) is 0.357. The van der Waals surface area contributed by atoms with E-state index in [4.69, 9.17) is 23.2 Å². The molecule has 26 heavy (non-hydrogen) atoms. The van der Waals surface area contributed by atoms with Crippen molar-refractivity contribution < 1.29 is 13.2 Å². The molecule has 1 aromatic carbocycles. The van der Waals surface area contributed by atoms with Crippen molar-refractivity contribution >= 4 is 73.0 Å². The topological polar surface area (TPSA) is 92.3 Å². The van der Waals surface area contributed by atoms with E-state index in [-0.39, 0.29) is 15.7 Å². The molecule has 7 nitrogen and oxygen atoms in total. The Labute approximate surface area is 170 Å². The second-order valence-corrected chi connectivity index (χ2v) is 11.1. The fourth-order valence-corrected chi connectivity index (χ4v) is 5.23. The number of halogens is 2. The monoisotopic (exact) mass is 454 g/mol. The van der Waals surface area contributed by atoms with Crippen molar-refractivity contribution in [2.75, 3.05) is 22.4 Å². The Kier molecular flexibility index (Phi) is 7.14. The number of sulfonamides is 1. The fourth-order valence-electron chi connectivity index (χ4n) is 1.88. The zero-order valence-corrected chi connectivity index (χ0v) is 18.0. The molecule has 12 heteroatoms. The van der Waals surface area contributed by atoms with Crippen molar-refractivity contribution in [2.45, 2.75) is 23.4 Å². The summed E-state index contributed by atoms with van der Waals surface area (Å²) in [7, 11) is -3.73. The molecule has 2 rings (SSSR count). The number of amides is 1. The van der Waals surface area contributed by atoms with Gasteiger partial charge in [0.1, 0.15) is 6.54 Å². The zero-order valence-electron chi connectivity index (χ0n) is 14.1. The normalized spacial score (nSPS) is 11.6. The van der Waals surface area contributed by atoms with E-state index in [1.165, 1.54) is 41.3 Å². The van der Waals surface area contributed by atoms with Gasteiger partial charge in [0.2, 0.25) is 21.1 Å². The molecule has 0 radical (unpaired) electrons. The average molecular weight is 455 g/mol. The molecule has 0 aliphatic carbocycles. The number of nitrogens with one attached hydrogen (secondary N) is 1. The summed E-state index contributed by atoms with van der Waals surface area (Å²) in [6.07, 6.45) is 0.997. The molecule has 0 saturated carbocycles. The molecule has 1 aromatic heterocycles. The van der Waals surface area contributed by atoms with Gasteiger partial charge in [-0.05, 0) is 18.2 Å². The van der Waals surface area contributed by atoms with Crippen molar-refractivity contribution in [2.24, 2.45) is 0 Å². The molecule has 0 aliphatic heterocycles. The van der Waals surface area contributed by atoms with E-state index in [9.17, 15) is 13.2 Å². The van der Waals surface area contributed by atoms with Crippen LogP contribution < -0.4 is 9.62 Å². The van der Waals surface area contributed by atoms with Gasteiger partial charge in [0.25, 0.3) is 0 Å². The second kappa shape index (κ2) is 8.75. The van der Waals surface area contributed by atoms with Gasteiger partial charge >= 0.3 is 0 Å². The molecule has 142 valence electrons.